The molecule has 0 saturated carbocycles. The van der Waals surface area contributed by atoms with Crippen molar-refractivity contribution in [1.29, 1.82) is 5.26 Å². The van der Waals surface area contributed by atoms with Gasteiger partial charge in [0.25, 0.3) is 0 Å². The van der Waals surface area contributed by atoms with Crippen molar-refractivity contribution in [2.45, 2.75) is 0 Å². The second-order valence-electron chi connectivity index (χ2n) is 2.12. The van der Waals surface area contributed by atoms with E-state index in [0.29, 0.717) is 15.5 Å². The van der Waals surface area contributed by atoms with Crippen molar-refractivity contribution < 1.29 is 14.3 Å². The molecule has 5 heteroatoms. The summed E-state index contributed by atoms with van der Waals surface area (Å²) in [6, 6.07) is 3.38. The molecular formula is C8H7NO3S. The van der Waals surface area contributed by atoms with Crippen LogP contribution >= 0.6 is 11.3 Å². The van der Waals surface area contributed by atoms with E-state index in [9.17, 15) is 4.79 Å². The molecule has 0 bridgehead atoms. The third-order valence-corrected chi connectivity index (χ3v) is 2.47. The molecule has 1 rings (SSSR count). The van der Waals surface area contributed by atoms with Gasteiger partial charge in [-0.25, -0.2) is 4.79 Å². The number of hydrogen-bond donors (Lipinski definition) is 0. The van der Waals surface area contributed by atoms with E-state index in [1.54, 1.807) is 0 Å². The van der Waals surface area contributed by atoms with Crippen molar-refractivity contribution >= 4 is 17.3 Å². The van der Waals surface area contributed by atoms with Crippen LogP contribution in [0.4, 0.5) is 0 Å². The lowest BCUT2D eigenvalue weighted by Gasteiger charge is -1.92. The predicted octanol–water partition coefficient (Wildman–Crippen LogP) is 1.41. The molecule has 68 valence electrons. The number of carbonyl (C=O) groups excluding carboxylic acids is 1. The van der Waals surface area contributed by atoms with Crippen LogP contribution in [0.3, 0.4) is 0 Å². The zero-order valence-corrected chi connectivity index (χ0v) is 7.97. The molecule has 0 amide bonds. The van der Waals surface area contributed by atoms with Crippen LogP contribution in [0.5, 0.6) is 5.06 Å². The van der Waals surface area contributed by atoms with Gasteiger partial charge in [0.2, 0.25) is 0 Å². The van der Waals surface area contributed by atoms with Gasteiger partial charge in [0.15, 0.2) is 5.06 Å². The topological polar surface area (TPSA) is 59.3 Å². The molecule has 0 N–H and O–H groups in total. The Labute approximate surface area is 79.3 Å². The molecule has 1 heterocycles. The molecule has 0 fully saturated rings. The van der Waals surface area contributed by atoms with Gasteiger partial charge in [-0.2, -0.15) is 5.26 Å². The molecule has 1 aromatic rings. The smallest absolute Gasteiger partial charge is 0.348 e. The Hall–Kier alpha value is -1.54. The Morgan fingerprint density at radius 3 is 2.69 bits per heavy atom. The number of methoxy groups -OCH3 is 2. The number of thiophene rings is 1. The monoisotopic (exact) mass is 197 g/mol. The minimum absolute atomic E-state index is 0.355. The Morgan fingerprint density at radius 2 is 2.31 bits per heavy atom. The third-order valence-electron chi connectivity index (χ3n) is 1.39. The maximum absolute atomic E-state index is 11.0. The van der Waals surface area contributed by atoms with Crippen LogP contribution in [0.15, 0.2) is 6.07 Å². The minimum Gasteiger partial charge on any atom is -0.486 e. The van der Waals surface area contributed by atoms with E-state index >= 15 is 0 Å². The number of nitriles is 1. The molecule has 0 radical (unpaired) electrons. The Balaban J connectivity index is 3.08. The van der Waals surface area contributed by atoms with Crippen molar-refractivity contribution in [3.05, 3.63) is 16.5 Å². The highest BCUT2D eigenvalue weighted by atomic mass is 32.1. The fraction of sp³-hybridized carbons (Fsp3) is 0.250. The maximum Gasteiger partial charge on any atom is 0.348 e. The van der Waals surface area contributed by atoms with Gasteiger partial charge in [0.1, 0.15) is 16.5 Å². The fourth-order valence-electron chi connectivity index (χ4n) is 0.805. The summed E-state index contributed by atoms with van der Waals surface area (Å²) in [5.74, 6) is -0.454. The lowest BCUT2D eigenvalue weighted by atomic mass is 10.3. The summed E-state index contributed by atoms with van der Waals surface area (Å²) < 4.78 is 9.40. The van der Waals surface area contributed by atoms with Gasteiger partial charge in [-0.3, -0.25) is 0 Å². The molecule has 0 aromatic carbocycles. The minimum atomic E-state index is -0.454. The highest BCUT2D eigenvalue weighted by Gasteiger charge is 2.14. The van der Waals surface area contributed by atoms with E-state index in [0.717, 1.165) is 11.3 Å². The van der Waals surface area contributed by atoms with E-state index in [1.165, 1.54) is 20.3 Å². The van der Waals surface area contributed by atoms with Crippen LogP contribution in [0.25, 0.3) is 0 Å². The van der Waals surface area contributed by atoms with E-state index in [-0.39, 0.29) is 0 Å². The molecule has 13 heavy (non-hydrogen) atoms. The third kappa shape index (κ3) is 1.79. The first kappa shape index (κ1) is 9.55. The summed E-state index contributed by atoms with van der Waals surface area (Å²) in [4.78, 5) is 11.4. The molecule has 0 spiro atoms. The van der Waals surface area contributed by atoms with Gasteiger partial charge < -0.3 is 9.47 Å². The zero-order chi connectivity index (χ0) is 9.84. The van der Waals surface area contributed by atoms with Crippen LogP contribution in [-0.2, 0) is 4.74 Å². The van der Waals surface area contributed by atoms with E-state index in [4.69, 9.17) is 10.00 Å². The first-order valence-corrected chi connectivity index (χ1v) is 4.20. The average Bonchev–Trinajstić information content (AvgIpc) is 2.59. The standard InChI is InChI=1S/C8H7NO3S/c1-11-7(10)6-3-5(4-9)8(12-2)13-6/h3H,1-2H3. The molecule has 0 aliphatic carbocycles. The van der Waals surface area contributed by atoms with Crippen LogP contribution in [0.2, 0.25) is 0 Å². The van der Waals surface area contributed by atoms with Gasteiger partial charge in [0, 0.05) is 0 Å². The van der Waals surface area contributed by atoms with Crippen LogP contribution in [0, 0.1) is 11.3 Å². The van der Waals surface area contributed by atoms with E-state index < -0.39 is 5.97 Å². The molecule has 0 atom stereocenters. The number of ether oxygens (including phenoxy) is 2. The molecule has 0 unspecified atom stereocenters. The van der Waals surface area contributed by atoms with E-state index in [2.05, 4.69) is 4.74 Å². The van der Waals surface area contributed by atoms with Crippen molar-refractivity contribution in [2.24, 2.45) is 0 Å². The fourth-order valence-corrected chi connectivity index (χ4v) is 1.65. The number of carbonyl (C=O) groups is 1. The normalized spacial score (nSPS) is 9.00. The lowest BCUT2D eigenvalue weighted by Crippen LogP contribution is -1.96. The molecule has 4 nitrogen and oxygen atoms in total. The van der Waals surface area contributed by atoms with Gasteiger partial charge in [-0.05, 0) is 6.07 Å². The second-order valence-corrected chi connectivity index (χ2v) is 3.13. The largest absolute Gasteiger partial charge is 0.486 e. The van der Waals surface area contributed by atoms with Crippen molar-refractivity contribution in [3.63, 3.8) is 0 Å². The van der Waals surface area contributed by atoms with Crippen LogP contribution < -0.4 is 4.74 Å². The number of rotatable bonds is 2. The predicted molar refractivity (Wildman–Crippen MR) is 46.9 cm³/mol. The maximum atomic E-state index is 11.0. The number of nitrogens with zero attached hydrogens (tertiary/aromatic N) is 1. The van der Waals surface area contributed by atoms with Crippen molar-refractivity contribution in [1.82, 2.24) is 0 Å². The first-order valence-electron chi connectivity index (χ1n) is 3.39. The van der Waals surface area contributed by atoms with Crippen LogP contribution in [-0.4, -0.2) is 20.2 Å². The number of hydrogen-bond acceptors (Lipinski definition) is 5. The number of esters is 1. The average molecular weight is 197 g/mol. The Kier molecular flexibility index (Phi) is 2.88. The summed E-state index contributed by atoms with van der Waals surface area (Å²) >= 11 is 1.10. The van der Waals surface area contributed by atoms with Gasteiger partial charge in [0.05, 0.1) is 14.2 Å². The Morgan fingerprint density at radius 1 is 1.62 bits per heavy atom. The van der Waals surface area contributed by atoms with Crippen molar-refractivity contribution in [3.8, 4) is 11.1 Å². The zero-order valence-electron chi connectivity index (χ0n) is 7.16. The van der Waals surface area contributed by atoms with Gasteiger partial charge in [-0.1, -0.05) is 11.3 Å². The summed E-state index contributed by atoms with van der Waals surface area (Å²) in [5.41, 5.74) is 0.355. The summed E-state index contributed by atoms with van der Waals surface area (Å²) in [5, 5.41) is 9.08. The highest BCUT2D eigenvalue weighted by Crippen LogP contribution is 2.29. The van der Waals surface area contributed by atoms with Crippen molar-refractivity contribution in [2.75, 3.05) is 14.2 Å². The quantitative estimate of drug-likeness (QED) is 0.672. The first-order chi connectivity index (χ1) is 6.22. The Bertz CT molecular complexity index is 364. The molecular weight excluding hydrogens is 190 g/mol. The SMILES string of the molecule is COC(=O)c1cc(C#N)c(OC)s1. The highest BCUT2D eigenvalue weighted by molar-refractivity contribution is 7.16. The molecule has 0 aliphatic rings. The van der Waals surface area contributed by atoms with Gasteiger partial charge in [-0.15, -0.1) is 0 Å². The molecule has 0 aliphatic heterocycles. The summed E-state index contributed by atoms with van der Waals surface area (Å²) in [6.07, 6.45) is 0. The summed E-state index contributed by atoms with van der Waals surface area (Å²) in [6.45, 7) is 0. The second kappa shape index (κ2) is 3.92. The lowest BCUT2D eigenvalue weighted by molar-refractivity contribution is 0.0606. The van der Waals surface area contributed by atoms with Gasteiger partial charge >= 0.3 is 5.97 Å². The summed E-state index contributed by atoms with van der Waals surface area (Å²) in [7, 11) is 2.74. The van der Waals surface area contributed by atoms with Crippen LogP contribution in [0.1, 0.15) is 15.2 Å². The molecule has 0 saturated heterocycles. The molecule has 1 aromatic heterocycles. The van der Waals surface area contributed by atoms with E-state index in [1.807, 2.05) is 6.07 Å².